The van der Waals surface area contributed by atoms with Crippen molar-refractivity contribution in [3.05, 3.63) is 40.5 Å². The summed E-state index contributed by atoms with van der Waals surface area (Å²) in [6.45, 7) is 4.57. The van der Waals surface area contributed by atoms with Crippen LogP contribution in [0.25, 0.3) is 5.57 Å². The van der Waals surface area contributed by atoms with E-state index >= 15 is 0 Å². The molecule has 0 saturated carbocycles. The number of hydrogen-bond donors (Lipinski definition) is 0. The van der Waals surface area contributed by atoms with Gasteiger partial charge in [-0.3, -0.25) is 0 Å². The third kappa shape index (κ3) is 1.52. The van der Waals surface area contributed by atoms with Gasteiger partial charge in [0, 0.05) is 0 Å². The predicted molar refractivity (Wildman–Crippen MR) is 69.6 cm³/mol. The molecule has 1 aromatic carbocycles. The van der Waals surface area contributed by atoms with Crippen LogP contribution in [0.4, 0.5) is 0 Å². The van der Waals surface area contributed by atoms with Gasteiger partial charge in [0.25, 0.3) is 0 Å². The molecular weight excluding hydrogens is 192 g/mol. The van der Waals surface area contributed by atoms with Crippen LogP contribution in [0.1, 0.15) is 62.1 Å². The van der Waals surface area contributed by atoms with E-state index in [4.69, 9.17) is 0 Å². The van der Waals surface area contributed by atoms with E-state index in [1.54, 1.807) is 22.3 Å². The molecule has 2 aliphatic carbocycles. The molecular formula is C16H20. The van der Waals surface area contributed by atoms with Gasteiger partial charge >= 0.3 is 0 Å². The fourth-order valence-electron chi connectivity index (χ4n) is 3.11. The van der Waals surface area contributed by atoms with Gasteiger partial charge in [0.2, 0.25) is 0 Å². The highest BCUT2D eigenvalue weighted by atomic mass is 14.3. The minimum atomic E-state index is 0.651. The van der Waals surface area contributed by atoms with Crippen LogP contribution in [0.3, 0.4) is 0 Å². The van der Waals surface area contributed by atoms with Gasteiger partial charge in [0.1, 0.15) is 0 Å². The van der Waals surface area contributed by atoms with Gasteiger partial charge in [0.05, 0.1) is 0 Å². The van der Waals surface area contributed by atoms with Gasteiger partial charge in [-0.15, -0.1) is 0 Å². The van der Waals surface area contributed by atoms with E-state index in [-0.39, 0.29) is 0 Å². The lowest BCUT2D eigenvalue weighted by Crippen LogP contribution is -1.94. The standard InChI is InChI=1S/C16H20/c1-11(2)12-7-8-14-9-13-5-3-4-6-15(13)16(14)10-12/h7-8,10-11H,3-6,9H2,1-2H3. The van der Waals surface area contributed by atoms with Crippen molar-refractivity contribution >= 4 is 5.57 Å². The first-order chi connectivity index (χ1) is 7.75. The van der Waals surface area contributed by atoms with Crippen LogP contribution in [-0.4, -0.2) is 0 Å². The Bertz CT molecular complexity index is 449. The second-order valence-corrected chi connectivity index (χ2v) is 5.54. The van der Waals surface area contributed by atoms with E-state index in [1.165, 1.54) is 37.7 Å². The third-order valence-corrected chi connectivity index (χ3v) is 4.11. The molecule has 0 aromatic heterocycles. The summed E-state index contributed by atoms with van der Waals surface area (Å²) in [6.07, 6.45) is 6.71. The van der Waals surface area contributed by atoms with Crippen molar-refractivity contribution in [3.63, 3.8) is 0 Å². The van der Waals surface area contributed by atoms with Gasteiger partial charge in [-0.1, -0.05) is 37.6 Å². The highest BCUT2D eigenvalue weighted by Gasteiger charge is 2.23. The number of allylic oxidation sites excluding steroid dienone is 2. The van der Waals surface area contributed by atoms with Crippen LogP contribution >= 0.6 is 0 Å². The summed E-state index contributed by atoms with van der Waals surface area (Å²) in [5.74, 6) is 0.651. The van der Waals surface area contributed by atoms with Gasteiger partial charge in [-0.25, -0.2) is 0 Å². The molecule has 0 bridgehead atoms. The number of hydrogen-bond acceptors (Lipinski definition) is 0. The van der Waals surface area contributed by atoms with Crippen LogP contribution in [-0.2, 0) is 6.42 Å². The van der Waals surface area contributed by atoms with Crippen molar-refractivity contribution in [3.8, 4) is 0 Å². The molecule has 0 spiro atoms. The lowest BCUT2D eigenvalue weighted by molar-refractivity contribution is 0.711. The van der Waals surface area contributed by atoms with Crippen molar-refractivity contribution in [2.45, 2.75) is 51.9 Å². The Balaban J connectivity index is 2.06. The SMILES string of the molecule is CC(C)c1ccc2c(c1)C1=C(CCCC1)C2. The van der Waals surface area contributed by atoms with E-state index < -0.39 is 0 Å². The summed E-state index contributed by atoms with van der Waals surface area (Å²) in [4.78, 5) is 0. The van der Waals surface area contributed by atoms with Gasteiger partial charge in [-0.2, -0.15) is 0 Å². The highest BCUT2D eigenvalue weighted by molar-refractivity contribution is 5.77. The molecule has 0 heterocycles. The molecule has 0 nitrogen and oxygen atoms in total. The van der Waals surface area contributed by atoms with Crippen molar-refractivity contribution in [2.75, 3.05) is 0 Å². The second kappa shape index (κ2) is 3.76. The Hall–Kier alpha value is -1.04. The summed E-state index contributed by atoms with van der Waals surface area (Å²) in [6, 6.07) is 7.14. The number of benzene rings is 1. The molecule has 0 aliphatic heterocycles. The predicted octanol–water partition coefficient (Wildman–Crippen LogP) is 4.69. The highest BCUT2D eigenvalue weighted by Crippen LogP contribution is 2.42. The molecule has 0 unspecified atom stereocenters. The summed E-state index contributed by atoms with van der Waals surface area (Å²) in [7, 11) is 0. The van der Waals surface area contributed by atoms with E-state index in [0.29, 0.717) is 5.92 Å². The monoisotopic (exact) mass is 212 g/mol. The zero-order valence-electron chi connectivity index (χ0n) is 10.3. The maximum atomic E-state index is 2.45. The second-order valence-electron chi connectivity index (χ2n) is 5.54. The van der Waals surface area contributed by atoms with Crippen molar-refractivity contribution in [1.82, 2.24) is 0 Å². The molecule has 0 fully saturated rings. The zero-order chi connectivity index (χ0) is 11.1. The molecule has 0 saturated heterocycles. The van der Waals surface area contributed by atoms with Gasteiger partial charge in [-0.05, 0) is 60.3 Å². The Kier molecular flexibility index (Phi) is 2.38. The zero-order valence-corrected chi connectivity index (χ0v) is 10.3. The number of rotatable bonds is 1. The lowest BCUT2D eigenvalue weighted by atomic mass is 9.90. The van der Waals surface area contributed by atoms with E-state index in [2.05, 4.69) is 32.0 Å². The average molecular weight is 212 g/mol. The van der Waals surface area contributed by atoms with Gasteiger partial charge < -0.3 is 0 Å². The molecule has 0 radical (unpaired) electrons. The smallest absolute Gasteiger partial charge is 0.00550 e. The molecule has 1 aromatic rings. The maximum absolute atomic E-state index is 2.45. The molecule has 16 heavy (non-hydrogen) atoms. The van der Waals surface area contributed by atoms with E-state index in [1.807, 2.05) is 0 Å². The summed E-state index contributed by atoms with van der Waals surface area (Å²) < 4.78 is 0. The van der Waals surface area contributed by atoms with Crippen LogP contribution in [0, 0.1) is 0 Å². The fourth-order valence-corrected chi connectivity index (χ4v) is 3.11. The Morgan fingerprint density at radius 2 is 1.88 bits per heavy atom. The largest absolute Gasteiger partial charge is 0.0620 e. The van der Waals surface area contributed by atoms with Crippen LogP contribution < -0.4 is 0 Å². The third-order valence-electron chi connectivity index (χ3n) is 4.11. The quantitative estimate of drug-likeness (QED) is 0.633. The maximum Gasteiger partial charge on any atom is -0.00550 e. The molecule has 0 heteroatoms. The first kappa shape index (κ1) is 10.1. The molecule has 84 valence electrons. The molecule has 0 amide bonds. The first-order valence-corrected chi connectivity index (χ1v) is 6.60. The van der Waals surface area contributed by atoms with Crippen LogP contribution in [0.5, 0.6) is 0 Å². The first-order valence-electron chi connectivity index (χ1n) is 6.60. The van der Waals surface area contributed by atoms with Crippen molar-refractivity contribution in [2.24, 2.45) is 0 Å². The summed E-state index contributed by atoms with van der Waals surface area (Å²) in [5, 5.41) is 0. The van der Waals surface area contributed by atoms with Crippen molar-refractivity contribution in [1.29, 1.82) is 0 Å². The molecule has 2 aliphatic rings. The van der Waals surface area contributed by atoms with Crippen LogP contribution in [0.15, 0.2) is 23.8 Å². The minimum absolute atomic E-state index is 0.651. The minimum Gasteiger partial charge on any atom is -0.0620 e. The van der Waals surface area contributed by atoms with E-state index in [0.717, 1.165) is 0 Å². The Morgan fingerprint density at radius 3 is 2.69 bits per heavy atom. The Morgan fingerprint density at radius 1 is 1.06 bits per heavy atom. The van der Waals surface area contributed by atoms with E-state index in [9.17, 15) is 0 Å². The van der Waals surface area contributed by atoms with Crippen molar-refractivity contribution < 1.29 is 0 Å². The lowest BCUT2D eigenvalue weighted by Gasteiger charge is -2.15. The normalized spacial score (nSPS) is 18.9. The summed E-state index contributed by atoms with van der Waals surface area (Å²) >= 11 is 0. The topological polar surface area (TPSA) is 0 Å². The molecule has 0 atom stereocenters. The molecule has 3 rings (SSSR count). The fraction of sp³-hybridized carbons (Fsp3) is 0.500. The number of fused-ring (bicyclic) bond motifs is 2. The van der Waals surface area contributed by atoms with Gasteiger partial charge in [0.15, 0.2) is 0 Å². The molecule has 0 N–H and O–H groups in total. The Labute approximate surface area is 98.4 Å². The average Bonchev–Trinajstić information content (AvgIpc) is 2.66. The summed E-state index contributed by atoms with van der Waals surface area (Å²) in [5.41, 5.74) is 8.10. The van der Waals surface area contributed by atoms with Crippen LogP contribution in [0.2, 0.25) is 0 Å².